The van der Waals surface area contributed by atoms with Gasteiger partial charge in [-0.1, -0.05) is 37.1 Å². The maximum atomic E-state index is 13.8. The number of H-pyrrole nitrogens is 1. The second-order valence-corrected chi connectivity index (χ2v) is 9.43. The minimum absolute atomic E-state index is 0.0714. The van der Waals surface area contributed by atoms with Crippen LogP contribution in [0.25, 0.3) is 11.3 Å². The van der Waals surface area contributed by atoms with Crippen LogP contribution in [0.5, 0.6) is 0 Å². The van der Waals surface area contributed by atoms with Gasteiger partial charge in [0, 0.05) is 29.2 Å². The maximum absolute atomic E-state index is 13.8. The third-order valence-electron chi connectivity index (χ3n) is 7.08. The van der Waals surface area contributed by atoms with Gasteiger partial charge < -0.3 is 9.72 Å². The van der Waals surface area contributed by atoms with E-state index in [9.17, 15) is 9.59 Å². The quantitative estimate of drug-likeness (QED) is 0.820. The molecule has 5 rings (SSSR count). The van der Waals surface area contributed by atoms with Crippen LogP contribution < -0.4 is 11.2 Å². The second-order valence-electron chi connectivity index (χ2n) is 9.43. The first-order chi connectivity index (χ1) is 13.4. The zero-order chi connectivity index (χ0) is 19.5. The molecule has 2 aromatic rings. The Kier molecular flexibility index (Phi) is 3.96. The minimum atomic E-state index is -0.317. The summed E-state index contributed by atoms with van der Waals surface area (Å²) in [4.78, 5) is 30.1. The maximum Gasteiger partial charge on any atom is 0.329 e. The standard InChI is InChI=1S/C23H28N2O3/c1-22(2)14-16(9-12-28-22)25-20(26)18-19(24-21(25)27)17-8-4-3-7-15(17)13-23(18)10-5-6-11-23/h3-4,7-8,16H,5-6,9-14H2,1-2H3,(H,24,27). The Labute approximate surface area is 164 Å². The molecule has 1 atom stereocenters. The summed E-state index contributed by atoms with van der Waals surface area (Å²) < 4.78 is 7.33. The molecule has 1 aliphatic heterocycles. The predicted octanol–water partition coefficient (Wildman–Crippen LogP) is 3.70. The van der Waals surface area contributed by atoms with Gasteiger partial charge in [0.25, 0.3) is 5.56 Å². The molecule has 1 saturated heterocycles. The van der Waals surface area contributed by atoms with Gasteiger partial charge in [-0.3, -0.25) is 9.36 Å². The summed E-state index contributed by atoms with van der Waals surface area (Å²) in [5.41, 5.74) is 3.08. The van der Waals surface area contributed by atoms with E-state index in [1.807, 2.05) is 26.0 Å². The lowest BCUT2D eigenvalue weighted by atomic mass is 9.68. The molecule has 2 heterocycles. The Bertz CT molecular complexity index is 1040. The number of hydrogen-bond donors (Lipinski definition) is 1. The van der Waals surface area contributed by atoms with Crippen molar-refractivity contribution < 1.29 is 4.74 Å². The van der Waals surface area contributed by atoms with E-state index in [-0.39, 0.29) is 28.3 Å². The summed E-state index contributed by atoms with van der Waals surface area (Å²) in [6, 6.07) is 8.10. The summed E-state index contributed by atoms with van der Waals surface area (Å²) in [6.07, 6.45) is 6.61. The first-order valence-electron chi connectivity index (χ1n) is 10.5. The first kappa shape index (κ1) is 17.9. The molecule has 2 fully saturated rings. The van der Waals surface area contributed by atoms with Gasteiger partial charge in [0.05, 0.1) is 11.3 Å². The van der Waals surface area contributed by atoms with Gasteiger partial charge in [-0.2, -0.15) is 0 Å². The molecule has 148 valence electrons. The monoisotopic (exact) mass is 380 g/mol. The number of benzene rings is 1. The highest BCUT2D eigenvalue weighted by Gasteiger charge is 2.45. The van der Waals surface area contributed by atoms with E-state index in [1.165, 1.54) is 10.1 Å². The number of aromatic amines is 1. The van der Waals surface area contributed by atoms with Gasteiger partial charge in [0.2, 0.25) is 0 Å². The smallest absolute Gasteiger partial charge is 0.329 e. The van der Waals surface area contributed by atoms with Crippen LogP contribution in [0.1, 0.15) is 69.5 Å². The van der Waals surface area contributed by atoms with E-state index in [4.69, 9.17) is 4.74 Å². The van der Waals surface area contributed by atoms with Gasteiger partial charge in [-0.15, -0.1) is 0 Å². The lowest BCUT2D eigenvalue weighted by Crippen LogP contribution is -2.49. The number of aromatic nitrogens is 2. The van der Waals surface area contributed by atoms with Crippen LogP contribution in [-0.4, -0.2) is 21.8 Å². The number of nitrogens with one attached hydrogen (secondary N) is 1. The van der Waals surface area contributed by atoms with Crippen molar-refractivity contribution in [2.75, 3.05) is 6.61 Å². The average molecular weight is 380 g/mol. The molecule has 0 radical (unpaired) electrons. The number of nitrogens with zero attached hydrogens (tertiary/aromatic N) is 1. The van der Waals surface area contributed by atoms with E-state index >= 15 is 0 Å². The third-order valence-corrected chi connectivity index (χ3v) is 7.08. The summed E-state index contributed by atoms with van der Waals surface area (Å²) in [5, 5.41) is 0. The highest BCUT2D eigenvalue weighted by molar-refractivity contribution is 5.71. The molecule has 28 heavy (non-hydrogen) atoms. The minimum Gasteiger partial charge on any atom is -0.375 e. The Morgan fingerprint density at radius 1 is 1.14 bits per heavy atom. The molecule has 1 unspecified atom stereocenters. The molecule has 1 spiro atoms. The zero-order valence-corrected chi connectivity index (χ0v) is 16.7. The highest BCUT2D eigenvalue weighted by atomic mass is 16.5. The van der Waals surface area contributed by atoms with Crippen LogP contribution in [0.2, 0.25) is 0 Å². The van der Waals surface area contributed by atoms with Gasteiger partial charge in [0.1, 0.15) is 0 Å². The summed E-state index contributed by atoms with van der Waals surface area (Å²) >= 11 is 0. The Morgan fingerprint density at radius 3 is 2.64 bits per heavy atom. The summed E-state index contributed by atoms with van der Waals surface area (Å²) in [5.74, 6) is 0. The van der Waals surface area contributed by atoms with Crippen molar-refractivity contribution in [3.8, 4) is 11.3 Å². The molecule has 1 saturated carbocycles. The number of hydrogen-bond acceptors (Lipinski definition) is 3. The van der Waals surface area contributed by atoms with Crippen molar-refractivity contribution in [3.63, 3.8) is 0 Å². The van der Waals surface area contributed by atoms with Crippen molar-refractivity contribution in [1.29, 1.82) is 0 Å². The van der Waals surface area contributed by atoms with Crippen LogP contribution in [0.15, 0.2) is 33.9 Å². The topological polar surface area (TPSA) is 64.1 Å². The highest BCUT2D eigenvalue weighted by Crippen LogP contribution is 2.49. The molecule has 5 nitrogen and oxygen atoms in total. The van der Waals surface area contributed by atoms with Crippen LogP contribution in [0.3, 0.4) is 0 Å². The van der Waals surface area contributed by atoms with Crippen molar-refractivity contribution in [2.24, 2.45) is 0 Å². The van der Waals surface area contributed by atoms with Crippen molar-refractivity contribution in [3.05, 3.63) is 56.2 Å². The Balaban J connectivity index is 1.75. The SMILES string of the molecule is CC1(C)CC(n2c(=O)[nH]c3c(c2=O)C2(CCCC2)Cc2ccccc2-3)CCO1. The third kappa shape index (κ3) is 2.63. The molecular weight excluding hydrogens is 352 g/mol. The Morgan fingerprint density at radius 2 is 1.89 bits per heavy atom. The molecule has 0 amide bonds. The van der Waals surface area contributed by atoms with Crippen molar-refractivity contribution in [2.45, 2.75) is 75.9 Å². The average Bonchev–Trinajstić information content (AvgIpc) is 3.09. The number of fused-ring (bicyclic) bond motifs is 4. The normalized spacial score (nSPS) is 24.7. The van der Waals surface area contributed by atoms with Crippen molar-refractivity contribution in [1.82, 2.24) is 9.55 Å². The summed E-state index contributed by atoms with van der Waals surface area (Å²) in [7, 11) is 0. The lowest BCUT2D eigenvalue weighted by molar-refractivity contribution is -0.0702. The predicted molar refractivity (Wildman–Crippen MR) is 109 cm³/mol. The fourth-order valence-electron chi connectivity index (χ4n) is 5.84. The molecule has 5 heteroatoms. The van der Waals surface area contributed by atoms with E-state index < -0.39 is 0 Å². The molecule has 1 aromatic heterocycles. The van der Waals surface area contributed by atoms with Crippen molar-refractivity contribution >= 4 is 0 Å². The lowest BCUT2D eigenvalue weighted by Gasteiger charge is -2.39. The summed E-state index contributed by atoms with van der Waals surface area (Å²) in [6.45, 7) is 4.64. The van der Waals surface area contributed by atoms with Gasteiger partial charge in [-0.05, 0) is 51.5 Å². The molecule has 2 aliphatic carbocycles. The first-order valence-corrected chi connectivity index (χ1v) is 10.5. The number of ether oxygens (including phenoxy) is 1. The van der Waals surface area contributed by atoms with Crippen LogP contribution in [0, 0.1) is 0 Å². The van der Waals surface area contributed by atoms with Gasteiger partial charge in [-0.25, -0.2) is 4.79 Å². The molecule has 3 aliphatic rings. The fourth-order valence-corrected chi connectivity index (χ4v) is 5.84. The molecule has 1 aromatic carbocycles. The van der Waals surface area contributed by atoms with E-state index in [1.54, 1.807) is 0 Å². The molecular formula is C23H28N2O3. The molecule has 1 N–H and O–H groups in total. The van der Waals surface area contributed by atoms with Gasteiger partial charge in [0.15, 0.2) is 0 Å². The van der Waals surface area contributed by atoms with E-state index in [2.05, 4.69) is 17.1 Å². The fraction of sp³-hybridized carbons (Fsp3) is 0.565. The molecule has 0 bridgehead atoms. The largest absolute Gasteiger partial charge is 0.375 e. The Hall–Kier alpha value is -2.14. The van der Waals surface area contributed by atoms with E-state index in [0.29, 0.717) is 19.4 Å². The van der Waals surface area contributed by atoms with Gasteiger partial charge >= 0.3 is 5.69 Å². The van der Waals surface area contributed by atoms with Crippen LogP contribution in [-0.2, 0) is 16.6 Å². The van der Waals surface area contributed by atoms with Crippen LogP contribution >= 0.6 is 0 Å². The van der Waals surface area contributed by atoms with E-state index in [0.717, 1.165) is 48.9 Å². The second kappa shape index (κ2) is 6.18. The van der Waals surface area contributed by atoms with Crippen LogP contribution in [0.4, 0.5) is 0 Å². The number of rotatable bonds is 1. The zero-order valence-electron chi connectivity index (χ0n) is 16.7.